The minimum Gasteiger partial charge on any atom is -0.487 e. The van der Waals surface area contributed by atoms with E-state index in [2.05, 4.69) is 0 Å². The molecule has 0 bridgehead atoms. The molecule has 0 fully saturated rings. The molecule has 0 N–H and O–H groups in total. The maximum atomic E-state index is 12.9. The summed E-state index contributed by atoms with van der Waals surface area (Å²) in [6.45, 7) is 0.182. The molecule has 0 amide bonds. The van der Waals surface area contributed by atoms with E-state index >= 15 is 0 Å². The van der Waals surface area contributed by atoms with Gasteiger partial charge in [-0.25, -0.2) is 4.39 Å². The van der Waals surface area contributed by atoms with Gasteiger partial charge in [0.25, 0.3) is 0 Å². The number of benzene rings is 1. The first-order valence-electron chi connectivity index (χ1n) is 3.98. The van der Waals surface area contributed by atoms with Crippen molar-refractivity contribution < 1.29 is 13.9 Å². The van der Waals surface area contributed by atoms with Gasteiger partial charge in [0, 0.05) is 11.1 Å². The molecular weight excluding hydrogens is 207 g/mol. The molecule has 0 saturated heterocycles. The second-order valence-electron chi connectivity index (χ2n) is 2.93. The van der Waals surface area contributed by atoms with E-state index in [1.165, 1.54) is 12.1 Å². The lowest BCUT2D eigenvalue weighted by Gasteiger charge is -2.16. The van der Waals surface area contributed by atoms with Gasteiger partial charge in [0.2, 0.25) is 0 Å². The number of halogens is 2. The van der Waals surface area contributed by atoms with Gasteiger partial charge in [-0.15, -0.1) is 0 Å². The van der Waals surface area contributed by atoms with Crippen LogP contribution in [0.5, 0.6) is 5.75 Å². The van der Waals surface area contributed by atoms with E-state index in [1.54, 1.807) is 6.08 Å². The summed E-state index contributed by atoms with van der Waals surface area (Å²) < 4.78 is 18.1. The van der Waals surface area contributed by atoms with Crippen LogP contribution >= 0.6 is 11.6 Å². The summed E-state index contributed by atoms with van der Waals surface area (Å²) in [5.41, 5.74) is 0.975. The number of hydrogen-bond acceptors (Lipinski definition) is 2. The summed E-state index contributed by atoms with van der Waals surface area (Å²) in [6.07, 6.45) is 2.25. The molecular formula is C10H6ClFO2. The van der Waals surface area contributed by atoms with Crippen molar-refractivity contribution in [1.29, 1.82) is 0 Å². The van der Waals surface area contributed by atoms with Gasteiger partial charge in [-0.1, -0.05) is 11.6 Å². The normalized spacial score (nSPS) is 14.0. The third kappa shape index (κ3) is 1.51. The van der Waals surface area contributed by atoms with Gasteiger partial charge in [-0.3, -0.25) is 4.79 Å². The van der Waals surface area contributed by atoms with Gasteiger partial charge in [-0.05, 0) is 18.2 Å². The Bertz CT molecular complexity index is 426. The van der Waals surface area contributed by atoms with E-state index in [4.69, 9.17) is 16.3 Å². The molecule has 4 heteroatoms. The highest BCUT2D eigenvalue weighted by Gasteiger charge is 2.15. The maximum absolute atomic E-state index is 12.9. The molecule has 0 radical (unpaired) electrons. The summed E-state index contributed by atoms with van der Waals surface area (Å²) in [7, 11) is 0. The smallest absolute Gasteiger partial charge is 0.149 e. The molecule has 0 saturated carbocycles. The van der Waals surface area contributed by atoms with E-state index in [0.717, 1.165) is 0 Å². The standard InChI is InChI=1S/C10H6ClFO2/c11-9-3-8(12)2-7-1-6(4-13)5-14-10(7)9/h1-4H,5H2. The van der Waals surface area contributed by atoms with E-state index in [9.17, 15) is 9.18 Å². The number of carbonyl (C=O) groups excluding carboxylic acids is 1. The molecule has 1 aliphatic heterocycles. The summed E-state index contributed by atoms with van der Waals surface area (Å²) in [5.74, 6) is -0.0144. The number of aldehydes is 1. The number of ether oxygens (including phenoxy) is 1. The lowest BCUT2D eigenvalue weighted by atomic mass is 10.1. The molecule has 1 heterocycles. The summed E-state index contributed by atoms with van der Waals surface area (Å²) >= 11 is 5.76. The third-order valence-electron chi connectivity index (χ3n) is 1.91. The Labute approximate surface area is 84.9 Å². The van der Waals surface area contributed by atoms with Crippen LogP contribution in [0.1, 0.15) is 5.56 Å². The zero-order valence-electron chi connectivity index (χ0n) is 7.09. The highest BCUT2D eigenvalue weighted by molar-refractivity contribution is 6.32. The van der Waals surface area contributed by atoms with Gasteiger partial charge in [0.1, 0.15) is 24.5 Å². The Morgan fingerprint density at radius 2 is 2.29 bits per heavy atom. The SMILES string of the molecule is O=CC1=Cc2cc(F)cc(Cl)c2OC1. The van der Waals surface area contributed by atoms with Crippen molar-refractivity contribution in [2.24, 2.45) is 0 Å². The van der Waals surface area contributed by atoms with Crippen LogP contribution in [0, 0.1) is 5.82 Å². The van der Waals surface area contributed by atoms with Crippen molar-refractivity contribution in [2.75, 3.05) is 6.61 Å². The van der Waals surface area contributed by atoms with Crippen molar-refractivity contribution in [1.82, 2.24) is 0 Å². The van der Waals surface area contributed by atoms with Crippen LogP contribution in [0.15, 0.2) is 17.7 Å². The first-order valence-corrected chi connectivity index (χ1v) is 4.36. The molecule has 2 rings (SSSR count). The third-order valence-corrected chi connectivity index (χ3v) is 2.19. The van der Waals surface area contributed by atoms with Crippen LogP contribution in [-0.2, 0) is 4.79 Å². The molecule has 72 valence electrons. The highest BCUT2D eigenvalue weighted by atomic mass is 35.5. The fraction of sp³-hybridized carbons (Fsp3) is 0.100. The van der Waals surface area contributed by atoms with E-state index < -0.39 is 5.82 Å². The Hall–Kier alpha value is -1.35. The predicted molar refractivity (Wildman–Crippen MR) is 50.9 cm³/mol. The van der Waals surface area contributed by atoms with Crippen molar-refractivity contribution in [3.05, 3.63) is 34.1 Å². The molecule has 1 aromatic carbocycles. The van der Waals surface area contributed by atoms with Crippen LogP contribution in [0.4, 0.5) is 4.39 Å². The van der Waals surface area contributed by atoms with Crippen molar-refractivity contribution >= 4 is 24.0 Å². The van der Waals surface area contributed by atoms with Crippen LogP contribution in [0.25, 0.3) is 6.08 Å². The monoisotopic (exact) mass is 212 g/mol. The lowest BCUT2D eigenvalue weighted by Crippen LogP contribution is -2.08. The average Bonchev–Trinajstić information content (AvgIpc) is 2.16. The van der Waals surface area contributed by atoms with E-state index in [1.807, 2.05) is 0 Å². The zero-order chi connectivity index (χ0) is 10.1. The van der Waals surface area contributed by atoms with Crippen molar-refractivity contribution in [2.45, 2.75) is 0 Å². The minimum absolute atomic E-state index is 0.182. The Morgan fingerprint density at radius 3 is 3.00 bits per heavy atom. The molecule has 0 aliphatic carbocycles. The van der Waals surface area contributed by atoms with E-state index in [-0.39, 0.29) is 11.6 Å². The first-order chi connectivity index (χ1) is 6.70. The Balaban J connectivity index is 2.57. The molecule has 1 aromatic rings. The summed E-state index contributed by atoms with van der Waals surface area (Å²) in [5, 5.41) is 0.223. The van der Waals surface area contributed by atoms with Gasteiger partial charge in [0.05, 0.1) is 5.02 Å². The van der Waals surface area contributed by atoms with Crippen LogP contribution in [0.2, 0.25) is 5.02 Å². The Kier molecular flexibility index (Phi) is 2.25. The average molecular weight is 213 g/mol. The lowest BCUT2D eigenvalue weighted by molar-refractivity contribution is -0.105. The molecule has 14 heavy (non-hydrogen) atoms. The molecule has 0 spiro atoms. The molecule has 0 unspecified atom stereocenters. The second-order valence-corrected chi connectivity index (χ2v) is 3.34. The number of fused-ring (bicyclic) bond motifs is 1. The first kappa shape index (κ1) is 9.21. The molecule has 1 aliphatic rings. The topological polar surface area (TPSA) is 26.3 Å². The van der Waals surface area contributed by atoms with Crippen LogP contribution in [0.3, 0.4) is 0 Å². The highest BCUT2D eigenvalue weighted by Crippen LogP contribution is 2.34. The molecule has 2 nitrogen and oxygen atoms in total. The van der Waals surface area contributed by atoms with Crippen LogP contribution < -0.4 is 4.74 Å². The number of rotatable bonds is 1. The zero-order valence-corrected chi connectivity index (χ0v) is 7.84. The predicted octanol–water partition coefficient (Wildman–Crippen LogP) is 2.45. The van der Waals surface area contributed by atoms with Gasteiger partial charge in [-0.2, -0.15) is 0 Å². The van der Waals surface area contributed by atoms with E-state index in [0.29, 0.717) is 23.2 Å². The Morgan fingerprint density at radius 1 is 1.50 bits per heavy atom. The fourth-order valence-electron chi connectivity index (χ4n) is 1.30. The number of carbonyl (C=O) groups is 1. The minimum atomic E-state index is -0.444. The largest absolute Gasteiger partial charge is 0.487 e. The van der Waals surface area contributed by atoms with Crippen molar-refractivity contribution in [3.63, 3.8) is 0 Å². The summed E-state index contributed by atoms with van der Waals surface area (Å²) in [6, 6.07) is 2.46. The van der Waals surface area contributed by atoms with Gasteiger partial charge >= 0.3 is 0 Å². The van der Waals surface area contributed by atoms with Crippen LogP contribution in [-0.4, -0.2) is 12.9 Å². The summed E-state index contributed by atoms with van der Waals surface area (Å²) in [4.78, 5) is 10.5. The number of hydrogen-bond donors (Lipinski definition) is 0. The van der Waals surface area contributed by atoms with Gasteiger partial charge in [0.15, 0.2) is 0 Å². The quantitative estimate of drug-likeness (QED) is 0.669. The molecule has 0 atom stereocenters. The second kappa shape index (κ2) is 3.42. The van der Waals surface area contributed by atoms with Gasteiger partial charge < -0.3 is 4.74 Å². The van der Waals surface area contributed by atoms with Crippen molar-refractivity contribution in [3.8, 4) is 5.75 Å². The molecule has 0 aromatic heterocycles. The maximum Gasteiger partial charge on any atom is 0.149 e. The fourth-order valence-corrected chi connectivity index (χ4v) is 1.57.